The van der Waals surface area contributed by atoms with Gasteiger partial charge in [0.25, 0.3) is 11.5 Å². The van der Waals surface area contributed by atoms with E-state index in [9.17, 15) is 19.5 Å². The van der Waals surface area contributed by atoms with Crippen molar-refractivity contribution in [3.8, 4) is 11.5 Å². The molecule has 0 spiro atoms. The van der Waals surface area contributed by atoms with Crippen LogP contribution in [0, 0.1) is 0 Å². The average molecular weight is 348 g/mol. The smallest absolute Gasteiger partial charge is 0.342 e. The normalized spacial score (nSPS) is 11.9. The molecule has 132 valence electrons. The van der Waals surface area contributed by atoms with Gasteiger partial charge in [0.15, 0.2) is 11.5 Å². The van der Waals surface area contributed by atoms with Crippen LogP contribution in [0.2, 0.25) is 0 Å². The van der Waals surface area contributed by atoms with Crippen LogP contribution < -0.4 is 26.7 Å². The number of aromatic nitrogens is 3. The minimum atomic E-state index is -0.842. The third-order valence-electron chi connectivity index (χ3n) is 3.05. The van der Waals surface area contributed by atoms with Crippen molar-refractivity contribution in [3.05, 3.63) is 44.6 Å². The van der Waals surface area contributed by atoms with Crippen molar-refractivity contribution in [3.63, 3.8) is 0 Å². The predicted octanol–water partition coefficient (Wildman–Crippen LogP) is -0.877. The molecule has 0 aliphatic heterocycles. The first kappa shape index (κ1) is 17.7. The quantitative estimate of drug-likeness (QED) is 0.334. The topological polar surface area (TPSA) is 162 Å². The molecule has 1 atom stereocenters. The Balaban J connectivity index is 1.97. The van der Waals surface area contributed by atoms with Crippen LogP contribution in [0.3, 0.4) is 0 Å². The van der Waals surface area contributed by atoms with Gasteiger partial charge in [-0.3, -0.25) is 14.6 Å². The van der Waals surface area contributed by atoms with E-state index < -0.39 is 23.2 Å². The van der Waals surface area contributed by atoms with Gasteiger partial charge in [-0.15, -0.1) is 5.10 Å². The molecule has 0 aliphatic carbocycles. The number of aromatic amines is 2. The number of hydrogen-bond donors (Lipinski definition) is 5. The number of aromatic hydroxyl groups is 1. The Kier molecular flexibility index (Phi) is 5.50. The number of hydrogen-bond acceptors (Lipinski definition) is 8. The van der Waals surface area contributed by atoms with E-state index in [-0.39, 0.29) is 17.3 Å². The van der Waals surface area contributed by atoms with E-state index in [1.54, 1.807) is 6.07 Å². The zero-order chi connectivity index (χ0) is 18.4. The first-order valence-electron chi connectivity index (χ1n) is 7.06. The maximum atomic E-state index is 11.9. The van der Waals surface area contributed by atoms with Crippen molar-refractivity contribution >= 4 is 17.9 Å². The van der Waals surface area contributed by atoms with Crippen molar-refractivity contribution < 1.29 is 14.6 Å². The molecule has 25 heavy (non-hydrogen) atoms. The van der Waals surface area contributed by atoms with Crippen LogP contribution in [0.25, 0.3) is 0 Å². The summed E-state index contributed by atoms with van der Waals surface area (Å²) in [6.07, 6.45) is 1.36. The van der Waals surface area contributed by atoms with Gasteiger partial charge in [-0.2, -0.15) is 5.10 Å². The SMILES string of the molecule is COc1cc(/C=N\NC(=O)[C@H](C)Nc2n[nH]c(=O)[nH]c2=O)ccc1O. The van der Waals surface area contributed by atoms with Crippen LogP contribution >= 0.6 is 0 Å². The largest absolute Gasteiger partial charge is 0.504 e. The number of nitrogens with one attached hydrogen (secondary N) is 4. The Morgan fingerprint density at radius 2 is 2.20 bits per heavy atom. The summed E-state index contributed by atoms with van der Waals surface area (Å²) in [5.74, 6) is -0.474. The summed E-state index contributed by atoms with van der Waals surface area (Å²) in [5.41, 5.74) is 1.38. The fourth-order valence-electron chi connectivity index (χ4n) is 1.76. The first-order chi connectivity index (χ1) is 11.9. The molecule has 5 N–H and O–H groups in total. The summed E-state index contributed by atoms with van der Waals surface area (Å²) in [6, 6.07) is 3.71. The predicted molar refractivity (Wildman–Crippen MR) is 89.0 cm³/mol. The molecular formula is C14H16N6O5. The summed E-state index contributed by atoms with van der Waals surface area (Å²) in [7, 11) is 1.41. The number of amides is 1. The van der Waals surface area contributed by atoms with E-state index in [0.717, 1.165) is 0 Å². The Morgan fingerprint density at radius 1 is 1.44 bits per heavy atom. The molecule has 0 saturated heterocycles. The third kappa shape index (κ3) is 4.67. The number of ether oxygens (including phenoxy) is 1. The minimum absolute atomic E-state index is 0.0138. The first-order valence-corrected chi connectivity index (χ1v) is 7.06. The van der Waals surface area contributed by atoms with Gasteiger partial charge in [-0.25, -0.2) is 15.3 Å². The summed E-state index contributed by atoms with van der Waals surface area (Å²) < 4.78 is 4.96. The lowest BCUT2D eigenvalue weighted by molar-refractivity contribution is -0.121. The molecular weight excluding hydrogens is 332 g/mol. The Labute approximate surface area is 140 Å². The van der Waals surface area contributed by atoms with E-state index in [4.69, 9.17) is 4.74 Å². The Hall–Kier alpha value is -3.63. The highest BCUT2D eigenvalue weighted by molar-refractivity contribution is 5.86. The number of anilines is 1. The summed E-state index contributed by atoms with van der Waals surface area (Å²) >= 11 is 0. The van der Waals surface area contributed by atoms with Gasteiger partial charge in [0.05, 0.1) is 13.3 Å². The van der Waals surface area contributed by atoms with Gasteiger partial charge in [0, 0.05) is 0 Å². The Morgan fingerprint density at radius 3 is 2.88 bits per heavy atom. The van der Waals surface area contributed by atoms with Gasteiger partial charge < -0.3 is 15.2 Å². The molecule has 11 heteroatoms. The van der Waals surface area contributed by atoms with Crippen molar-refractivity contribution in [1.29, 1.82) is 0 Å². The number of methoxy groups -OCH3 is 1. The molecule has 0 fully saturated rings. The third-order valence-corrected chi connectivity index (χ3v) is 3.05. The fourth-order valence-corrected chi connectivity index (χ4v) is 1.76. The number of phenolic OH excluding ortho intramolecular Hbond substituents is 1. The Bertz CT molecular complexity index is 903. The second kappa shape index (κ2) is 7.77. The molecule has 0 radical (unpaired) electrons. The number of nitrogens with zero attached hydrogens (tertiary/aromatic N) is 2. The lowest BCUT2D eigenvalue weighted by atomic mass is 10.2. The van der Waals surface area contributed by atoms with Crippen LogP contribution in [0.5, 0.6) is 11.5 Å². The summed E-state index contributed by atoms with van der Waals surface area (Å²) in [6.45, 7) is 1.49. The van der Waals surface area contributed by atoms with E-state index in [1.165, 1.54) is 32.4 Å². The molecule has 2 rings (SSSR count). The zero-order valence-electron chi connectivity index (χ0n) is 13.4. The second-order valence-electron chi connectivity index (χ2n) is 4.89. The summed E-state index contributed by atoms with van der Waals surface area (Å²) in [4.78, 5) is 36.3. The van der Waals surface area contributed by atoms with Gasteiger partial charge >= 0.3 is 5.69 Å². The lowest BCUT2D eigenvalue weighted by Gasteiger charge is -2.11. The molecule has 11 nitrogen and oxygen atoms in total. The standard InChI is InChI=1S/C14H16N6O5/c1-7(16-11-13(23)17-14(24)20-18-11)12(22)19-15-6-8-3-4-9(21)10(5-8)25-2/h3-7,21H,1-2H3,(H,16,18)(H,19,22)(H2,17,20,23,24)/b15-6-/t7-/m0/s1. The van der Waals surface area contributed by atoms with Gasteiger partial charge in [-0.1, -0.05) is 0 Å². The van der Waals surface area contributed by atoms with Crippen molar-refractivity contribution in [2.45, 2.75) is 13.0 Å². The van der Waals surface area contributed by atoms with Crippen molar-refractivity contribution in [1.82, 2.24) is 20.6 Å². The number of carbonyl (C=O) groups is 1. The fraction of sp³-hybridized carbons (Fsp3) is 0.214. The maximum absolute atomic E-state index is 11.9. The maximum Gasteiger partial charge on any atom is 0.342 e. The highest BCUT2D eigenvalue weighted by Gasteiger charge is 2.14. The van der Waals surface area contributed by atoms with Crippen molar-refractivity contribution in [2.75, 3.05) is 12.4 Å². The highest BCUT2D eigenvalue weighted by atomic mass is 16.5. The van der Waals surface area contributed by atoms with Crippen LogP contribution in [-0.2, 0) is 4.79 Å². The lowest BCUT2D eigenvalue weighted by Crippen LogP contribution is -2.38. The van der Waals surface area contributed by atoms with Crippen LogP contribution in [0.1, 0.15) is 12.5 Å². The number of phenols is 1. The summed E-state index contributed by atoms with van der Waals surface area (Å²) in [5, 5.41) is 21.4. The van der Waals surface area contributed by atoms with Gasteiger partial charge in [-0.05, 0) is 30.7 Å². The average Bonchev–Trinajstić information content (AvgIpc) is 2.58. The number of hydrazone groups is 1. The molecule has 1 amide bonds. The van der Waals surface area contributed by atoms with Crippen LogP contribution in [-0.4, -0.2) is 45.6 Å². The molecule has 0 bridgehead atoms. The molecule has 1 aromatic carbocycles. The van der Waals surface area contributed by atoms with E-state index >= 15 is 0 Å². The van der Waals surface area contributed by atoms with E-state index in [0.29, 0.717) is 5.56 Å². The van der Waals surface area contributed by atoms with Gasteiger partial charge in [0.2, 0.25) is 5.82 Å². The van der Waals surface area contributed by atoms with Crippen LogP contribution in [0.4, 0.5) is 5.82 Å². The van der Waals surface area contributed by atoms with Crippen LogP contribution in [0.15, 0.2) is 32.9 Å². The number of benzene rings is 1. The molecule has 0 aliphatic rings. The van der Waals surface area contributed by atoms with E-state index in [1.807, 2.05) is 10.1 Å². The van der Waals surface area contributed by atoms with Crippen molar-refractivity contribution in [2.24, 2.45) is 5.10 Å². The number of rotatable bonds is 6. The molecule has 2 aromatic rings. The molecule has 0 unspecified atom stereocenters. The number of carbonyl (C=O) groups excluding carboxylic acids is 1. The van der Waals surface area contributed by atoms with Gasteiger partial charge in [0.1, 0.15) is 6.04 Å². The second-order valence-corrected chi connectivity index (χ2v) is 4.89. The highest BCUT2D eigenvalue weighted by Crippen LogP contribution is 2.25. The van der Waals surface area contributed by atoms with E-state index in [2.05, 4.69) is 20.9 Å². The molecule has 1 aromatic heterocycles. The molecule has 1 heterocycles. The molecule has 0 saturated carbocycles. The number of H-pyrrole nitrogens is 2. The minimum Gasteiger partial charge on any atom is -0.504 e. The monoisotopic (exact) mass is 348 g/mol. The zero-order valence-corrected chi connectivity index (χ0v) is 13.4.